The van der Waals surface area contributed by atoms with Gasteiger partial charge in [0.25, 0.3) is 5.92 Å². The predicted molar refractivity (Wildman–Crippen MR) is 59.3 cm³/mol. The van der Waals surface area contributed by atoms with E-state index in [1.807, 2.05) is 0 Å². The molecular weight excluding hydrogens is 278 g/mol. The number of rotatable bonds is 5. The number of alkyl halides is 4. The van der Waals surface area contributed by atoms with Gasteiger partial charge in [-0.25, -0.2) is 8.78 Å². The molecule has 0 bridgehead atoms. The largest absolute Gasteiger partial charge is 0.435 e. The van der Waals surface area contributed by atoms with E-state index in [4.69, 9.17) is 10.8 Å². The van der Waals surface area contributed by atoms with Crippen molar-refractivity contribution in [3.05, 3.63) is 29.8 Å². The van der Waals surface area contributed by atoms with Gasteiger partial charge in [0.2, 0.25) is 0 Å². The second-order valence-electron chi connectivity index (χ2n) is 3.34. The molecule has 0 aromatic heterocycles. The van der Waals surface area contributed by atoms with Gasteiger partial charge in [0.15, 0.2) is 0 Å². The summed E-state index contributed by atoms with van der Waals surface area (Å²) in [5.41, 5.74) is 5.25. The topological polar surface area (TPSA) is 55.5 Å². The van der Waals surface area contributed by atoms with Crippen LogP contribution in [0.3, 0.4) is 0 Å². The zero-order valence-electron chi connectivity index (χ0n) is 9.02. The lowest BCUT2D eigenvalue weighted by atomic mass is 10.0. The van der Waals surface area contributed by atoms with Crippen LogP contribution in [-0.4, -0.2) is 24.2 Å². The molecule has 0 saturated carbocycles. The molecule has 3 nitrogen and oxygen atoms in total. The molecule has 3 N–H and O–H groups in total. The van der Waals surface area contributed by atoms with Gasteiger partial charge in [-0.1, -0.05) is 12.1 Å². The molecule has 1 aromatic rings. The quantitative estimate of drug-likeness (QED) is 0.818. The Labute approximate surface area is 107 Å². The van der Waals surface area contributed by atoms with Crippen molar-refractivity contribution in [2.75, 3.05) is 6.61 Å². The summed E-state index contributed by atoms with van der Waals surface area (Å²) < 4.78 is 53.7. The maximum absolute atomic E-state index is 13.0. The van der Waals surface area contributed by atoms with E-state index in [9.17, 15) is 17.6 Å². The second-order valence-corrected chi connectivity index (χ2v) is 3.34. The standard InChI is InChI=1S/C10H11F4NO2.ClH/c11-9(12)17-7-3-1-6(2-4-7)8(15)10(13,14)5-16;/h1-4,8-9,16H,5,15H2;1H/t8-;/m1./s1. The molecule has 0 aliphatic rings. The Morgan fingerprint density at radius 1 is 1.22 bits per heavy atom. The van der Waals surface area contributed by atoms with Crippen molar-refractivity contribution < 1.29 is 27.4 Å². The minimum absolute atomic E-state index is 0. The van der Waals surface area contributed by atoms with E-state index in [2.05, 4.69) is 4.74 Å². The molecule has 1 rings (SSSR count). The second kappa shape index (κ2) is 6.77. The van der Waals surface area contributed by atoms with Gasteiger partial charge in [-0.05, 0) is 17.7 Å². The van der Waals surface area contributed by atoms with Crippen molar-refractivity contribution in [2.24, 2.45) is 5.73 Å². The zero-order valence-corrected chi connectivity index (χ0v) is 9.84. The summed E-state index contributed by atoms with van der Waals surface area (Å²) in [6.07, 6.45) is 0. The van der Waals surface area contributed by atoms with Crippen molar-refractivity contribution in [1.29, 1.82) is 0 Å². The van der Waals surface area contributed by atoms with Gasteiger partial charge in [-0.3, -0.25) is 0 Å². The molecule has 0 aliphatic heterocycles. The lowest BCUT2D eigenvalue weighted by Crippen LogP contribution is -2.36. The average molecular weight is 290 g/mol. The lowest BCUT2D eigenvalue weighted by molar-refractivity contribution is -0.0713. The van der Waals surface area contributed by atoms with E-state index in [0.717, 1.165) is 24.3 Å². The predicted octanol–water partition coefficient (Wildman–Crippen LogP) is 2.34. The summed E-state index contributed by atoms with van der Waals surface area (Å²) in [7, 11) is 0. The van der Waals surface area contributed by atoms with E-state index >= 15 is 0 Å². The van der Waals surface area contributed by atoms with Crippen LogP contribution in [0.2, 0.25) is 0 Å². The Balaban J connectivity index is 0.00000289. The fourth-order valence-electron chi connectivity index (χ4n) is 1.20. The van der Waals surface area contributed by atoms with Gasteiger partial charge in [0.1, 0.15) is 12.4 Å². The van der Waals surface area contributed by atoms with Crippen LogP contribution in [0.25, 0.3) is 0 Å². The summed E-state index contributed by atoms with van der Waals surface area (Å²) >= 11 is 0. The van der Waals surface area contributed by atoms with Crippen molar-refractivity contribution in [2.45, 2.75) is 18.6 Å². The van der Waals surface area contributed by atoms with Crippen LogP contribution in [0.1, 0.15) is 11.6 Å². The average Bonchev–Trinajstić information content (AvgIpc) is 2.28. The summed E-state index contributed by atoms with van der Waals surface area (Å²) in [4.78, 5) is 0. The Bertz CT molecular complexity index is 361. The molecule has 18 heavy (non-hydrogen) atoms. The smallest absolute Gasteiger partial charge is 0.387 e. The Kier molecular flexibility index (Phi) is 6.37. The maximum atomic E-state index is 13.0. The molecule has 0 fully saturated rings. The number of nitrogens with two attached hydrogens (primary N) is 1. The van der Waals surface area contributed by atoms with Gasteiger partial charge >= 0.3 is 6.61 Å². The fourth-order valence-corrected chi connectivity index (χ4v) is 1.20. The van der Waals surface area contributed by atoms with E-state index in [1.165, 1.54) is 0 Å². The van der Waals surface area contributed by atoms with Gasteiger partial charge < -0.3 is 15.6 Å². The normalized spacial score (nSPS) is 13.1. The summed E-state index contributed by atoms with van der Waals surface area (Å²) in [5, 5.41) is 8.45. The number of hydrogen-bond donors (Lipinski definition) is 2. The van der Waals surface area contributed by atoms with E-state index in [-0.39, 0.29) is 23.7 Å². The van der Waals surface area contributed by atoms with Crippen molar-refractivity contribution in [3.63, 3.8) is 0 Å². The third kappa shape index (κ3) is 4.32. The Morgan fingerprint density at radius 2 is 1.72 bits per heavy atom. The van der Waals surface area contributed by atoms with Gasteiger partial charge in [-0.15, -0.1) is 12.4 Å². The van der Waals surface area contributed by atoms with Crippen LogP contribution in [0.5, 0.6) is 5.75 Å². The first-order chi connectivity index (χ1) is 7.86. The molecule has 1 aromatic carbocycles. The van der Waals surface area contributed by atoms with Gasteiger partial charge in [0, 0.05) is 0 Å². The monoisotopic (exact) mass is 289 g/mol. The zero-order chi connectivity index (χ0) is 13.1. The number of halogens is 5. The van der Waals surface area contributed by atoms with E-state index in [0.29, 0.717) is 0 Å². The fraction of sp³-hybridized carbons (Fsp3) is 0.400. The van der Waals surface area contributed by atoms with Crippen molar-refractivity contribution in [3.8, 4) is 5.75 Å². The number of ether oxygens (including phenoxy) is 1. The number of benzene rings is 1. The number of hydrogen-bond acceptors (Lipinski definition) is 3. The number of aliphatic hydroxyl groups is 1. The molecule has 0 amide bonds. The third-order valence-corrected chi connectivity index (χ3v) is 2.13. The minimum atomic E-state index is -3.47. The highest BCUT2D eigenvalue weighted by Crippen LogP contribution is 2.29. The Morgan fingerprint density at radius 3 is 2.11 bits per heavy atom. The molecule has 0 heterocycles. The molecule has 0 saturated heterocycles. The molecule has 0 aliphatic carbocycles. The van der Waals surface area contributed by atoms with Crippen LogP contribution < -0.4 is 10.5 Å². The van der Waals surface area contributed by atoms with E-state index in [1.54, 1.807) is 0 Å². The first-order valence-corrected chi connectivity index (χ1v) is 4.66. The van der Waals surface area contributed by atoms with Crippen molar-refractivity contribution >= 4 is 12.4 Å². The van der Waals surface area contributed by atoms with Crippen LogP contribution in [0, 0.1) is 0 Å². The van der Waals surface area contributed by atoms with Gasteiger partial charge in [0.05, 0.1) is 6.04 Å². The molecule has 104 valence electrons. The third-order valence-electron chi connectivity index (χ3n) is 2.13. The maximum Gasteiger partial charge on any atom is 0.387 e. The summed E-state index contributed by atoms with van der Waals surface area (Å²) in [6, 6.07) is 2.80. The summed E-state index contributed by atoms with van der Waals surface area (Å²) in [6.45, 7) is -4.36. The molecule has 1 atom stereocenters. The first kappa shape index (κ1) is 16.9. The van der Waals surface area contributed by atoms with Crippen LogP contribution in [0.15, 0.2) is 24.3 Å². The van der Waals surface area contributed by atoms with Crippen LogP contribution in [-0.2, 0) is 0 Å². The minimum Gasteiger partial charge on any atom is -0.435 e. The molecule has 0 radical (unpaired) electrons. The molecular formula is C10H12ClF4NO2. The molecule has 0 unspecified atom stereocenters. The summed E-state index contributed by atoms with van der Waals surface area (Å²) in [5.74, 6) is -3.62. The highest BCUT2D eigenvalue weighted by Gasteiger charge is 2.37. The highest BCUT2D eigenvalue weighted by molar-refractivity contribution is 5.85. The first-order valence-electron chi connectivity index (χ1n) is 4.66. The van der Waals surface area contributed by atoms with E-state index < -0.39 is 25.2 Å². The molecule has 8 heteroatoms. The van der Waals surface area contributed by atoms with Gasteiger partial charge in [-0.2, -0.15) is 8.78 Å². The lowest BCUT2D eigenvalue weighted by Gasteiger charge is -2.21. The number of aliphatic hydroxyl groups excluding tert-OH is 1. The van der Waals surface area contributed by atoms with Crippen molar-refractivity contribution in [1.82, 2.24) is 0 Å². The molecule has 0 spiro atoms. The highest BCUT2D eigenvalue weighted by atomic mass is 35.5. The van der Waals surface area contributed by atoms with Crippen LogP contribution in [0.4, 0.5) is 17.6 Å². The van der Waals surface area contributed by atoms with Crippen LogP contribution >= 0.6 is 12.4 Å². The Hall–Kier alpha value is -1.05. The SMILES string of the molecule is Cl.N[C@H](c1ccc(OC(F)F)cc1)C(F)(F)CO.